The van der Waals surface area contributed by atoms with E-state index in [9.17, 15) is 0 Å². The van der Waals surface area contributed by atoms with Gasteiger partial charge in [0.15, 0.2) is 0 Å². The molecule has 0 saturated carbocycles. The molecule has 0 aliphatic carbocycles. The van der Waals surface area contributed by atoms with Gasteiger partial charge in [-0.3, -0.25) is 8.42 Å². The zero-order valence-electron chi connectivity index (χ0n) is 32.7. The van der Waals surface area contributed by atoms with Crippen LogP contribution in [0.3, 0.4) is 0 Å². The second-order valence-electron chi connectivity index (χ2n) is 14.0. The average molecular weight is 693 g/mol. The van der Waals surface area contributed by atoms with Crippen molar-refractivity contribution >= 4 is 10.4 Å². The second kappa shape index (κ2) is 47.9. The first-order chi connectivity index (χ1) is 22.8. The van der Waals surface area contributed by atoms with E-state index in [-0.39, 0.29) is 0 Å². The lowest BCUT2D eigenvalue weighted by Gasteiger charge is -2.06. The smallest absolute Gasteiger partial charge is 0.0755 e. The molecule has 0 aromatic rings. The van der Waals surface area contributed by atoms with Crippen molar-refractivity contribution < 1.29 is 28.2 Å². The lowest BCUT2D eigenvalue weighted by atomic mass is 10.1. The topological polar surface area (TPSA) is 113 Å². The largest absolute Gasteiger partial charge is 0.759 e. The number of unbranched alkanes of at least 4 members (excludes halogenated alkanes) is 28. The van der Waals surface area contributed by atoms with Crippen LogP contribution >= 0.6 is 0 Å². The number of rotatable bonds is 36. The Morgan fingerprint density at radius 3 is 0.574 bits per heavy atom. The SMILES string of the molecule is CCCCCCCCCC[NH2+]CCCCCCCCCC.CCCCCCCCCC[NH2+]CCCCCCCCCC.O=S(=O)([O-])[O-]. The molecule has 0 aromatic carbocycles. The fraction of sp³-hybridized carbons (Fsp3) is 1.00. The Hall–Kier alpha value is -0.210. The molecule has 0 unspecified atom stereocenters. The van der Waals surface area contributed by atoms with Crippen LogP contribution in [0.25, 0.3) is 0 Å². The van der Waals surface area contributed by atoms with E-state index in [1.165, 1.54) is 232 Å². The molecule has 0 atom stereocenters. The van der Waals surface area contributed by atoms with Crippen LogP contribution in [-0.2, 0) is 10.4 Å². The summed E-state index contributed by atoms with van der Waals surface area (Å²) in [6.07, 6.45) is 46.3. The Kier molecular flexibility index (Phi) is 52.1. The van der Waals surface area contributed by atoms with Crippen molar-refractivity contribution in [2.45, 2.75) is 233 Å². The molecule has 4 N–H and O–H groups in total. The van der Waals surface area contributed by atoms with E-state index in [1.54, 1.807) is 0 Å². The highest BCUT2D eigenvalue weighted by molar-refractivity contribution is 7.79. The zero-order chi connectivity index (χ0) is 35.4. The summed E-state index contributed by atoms with van der Waals surface area (Å²) >= 11 is 0. The molecule has 0 heterocycles. The summed E-state index contributed by atoms with van der Waals surface area (Å²) in [5.41, 5.74) is 0. The average Bonchev–Trinajstić information content (AvgIpc) is 3.03. The Balaban J connectivity index is -0.000000719. The molecule has 0 aliphatic rings. The van der Waals surface area contributed by atoms with Crippen LogP contribution in [-0.4, -0.2) is 43.7 Å². The molecule has 0 spiro atoms. The molecule has 0 radical (unpaired) electrons. The van der Waals surface area contributed by atoms with Crippen molar-refractivity contribution in [3.63, 3.8) is 0 Å². The van der Waals surface area contributed by atoms with Gasteiger partial charge in [0.2, 0.25) is 0 Å². The van der Waals surface area contributed by atoms with Gasteiger partial charge in [-0.25, -0.2) is 0 Å². The molecular weight excluding hydrogens is 605 g/mol. The lowest BCUT2D eigenvalue weighted by molar-refractivity contribution is -0.655. The predicted octanol–water partition coefficient (Wildman–Crippen LogP) is 10.3. The minimum absolute atomic E-state index is 1.37. The van der Waals surface area contributed by atoms with Gasteiger partial charge >= 0.3 is 0 Å². The highest BCUT2D eigenvalue weighted by Crippen LogP contribution is 2.10. The minimum atomic E-state index is -5.17. The monoisotopic (exact) mass is 693 g/mol. The molecule has 0 amide bonds. The second-order valence-corrected chi connectivity index (χ2v) is 14.9. The first kappa shape index (κ1) is 51.2. The Morgan fingerprint density at radius 1 is 0.298 bits per heavy atom. The molecule has 0 fully saturated rings. The summed E-state index contributed by atoms with van der Waals surface area (Å²) in [7, 11) is -5.17. The summed E-state index contributed by atoms with van der Waals surface area (Å²) in [4.78, 5) is 0. The van der Waals surface area contributed by atoms with Crippen LogP contribution in [0.5, 0.6) is 0 Å². The number of hydrogen-bond donors (Lipinski definition) is 2. The third kappa shape index (κ3) is 68.5. The maximum absolute atomic E-state index is 8.52. The molecule has 0 saturated heterocycles. The number of nitrogens with two attached hydrogens (primary N) is 2. The van der Waals surface area contributed by atoms with Crippen molar-refractivity contribution in [2.75, 3.05) is 26.2 Å². The molecule has 47 heavy (non-hydrogen) atoms. The highest BCUT2D eigenvalue weighted by atomic mass is 32.3. The summed E-state index contributed by atoms with van der Waals surface area (Å²) in [6.45, 7) is 14.6. The standard InChI is InChI=1S/2C20H43N.H2O4S/c2*1-3-5-7-9-11-13-15-17-19-21-20-18-16-14-12-10-8-6-4-2;1-5(2,3)4/h2*21H,3-20H2,1-2H3;(H2,1,2,3,4). The van der Waals surface area contributed by atoms with Gasteiger partial charge in [0.05, 0.1) is 26.2 Å². The van der Waals surface area contributed by atoms with E-state index in [2.05, 4.69) is 38.3 Å². The van der Waals surface area contributed by atoms with Crippen LogP contribution in [0.1, 0.15) is 233 Å². The summed E-state index contributed by atoms with van der Waals surface area (Å²) < 4.78 is 34.1. The maximum Gasteiger partial charge on any atom is 0.0755 e. The lowest BCUT2D eigenvalue weighted by Crippen LogP contribution is -2.84. The quantitative estimate of drug-likeness (QED) is 0.0386. The fourth-order valence-corrected chi connectivity index (χ4v) is 5.98. The molecular formula is C40H88N2O4S. The molecule has 288 valence electrons. The van der Waals surface area contributed by atoms with Crippen LogP contribution in [0, 0.1) is 0 Å². The van der Waals surface area contributed by atoms with Gasteiger partial charge in [-0.2, -0.15) is 0 Å². The van der Waals surface area contributed by atoms with Gasteiger partial charge in [-0.1, -0.05) is 182 Å². The van der Waals surface area contributed by atoms with Crippen molar-refractivity contribution in [1.29, 1.82) is 0 Å². The first-order valence-electron chi connectivity index (χ1n) is 21.1. The van der Waals surface area contributed by atoms with Crippen molar-refractivity contribution in [2.24, 2.45) is 0 Å². The van der Waals surface area contributed by atoms with E-state index < -0.39 is 10.4 Å². The third-order valence-electron chi connectivity index (χ3n) is 9.05. The van der Waals surface area contributed by atoms with E-state index in [0.29, 0.717) is 0 Å². The minimum Gasteiger partial charge on any atom is -0.759 e. The maximum atomic E-state index is 8.52. The first-order valence-corrected chi connectivity index (χ1v) is 22.5. The van der Waals surface area contributed by atoms with E-state index >= 15 is 0 Å². The molecule has 0 aromatic heterocycles. The third-order valence-corrected chi connectivity index (χ3v) is 9.05. The highest BCUT2D eigenvalue weighted by Gasteiger charge is 1.97. The van der Waals surface area contributed by atoms with Gasteiger partial charge in [0.1, 0.15) is 0 Å². The molecule has 7 heteroatoms. The van der Waals surface area contributed by atoms with E-state index in [0.717, 1.165) is 0 Å². The van der Waals surface area contributed by atoms with Crippen LogP contribution in [0.4, 0.5) is 0 Å². The summed E-state index contributed by atoms with van der Waals surface area (Å²) in [5.74, 6) is 0. The molecule has 0 aliphatic heterocycles. The fourth-order valence-electron chi connectivity index (χ4n) is 5.98. The Bertz CT molecular complexity index is 537. The van der Waals surface area contributed by atoms with Gasteiger partial charge in [0.25, 0.3) is 0 Å². The zero-order valence-corrected chi connectivity index (χ0v) is 33.5. The van der Waals surface area contributed by atoms with Crippen molar-refractivity contribution in [3.05, 3.63) is 0 Å². The molecule has 0 rings (SSSR count). The Labute approximate surface area is 297 Å². The van der Waals surface area contributed by atoms with Gasteiger partial charge < -0.3 is 19.7 Å². The van der Waals surface area contributed by atoms with Crippen molar-refractivity contribution in [3.8, 4) is 0 Å². The summed E-state index contributed by atoms with van der Waals surface area (Å²) in [5, 5.41) is 5.10. The van der Waals surface area contributed by atoms with Crippen molar-refractivity contribution in [1.82, 2.24) is 0 Å². The van der Waals surface area contributed by atoms with Gasteiger partial charge in [-0.15, -0.1) is 0 Å². The Morgan fingerprint density at radius 2 is 0.426 bits per heavy atom. The molecule has 6 nitrogen and oxygen atoms in total. The number of hydrogen-bond acceptors (Lipinski definition) is 4. The van der Waals surface area contributed by atoms with E-state index in [1.807, 2.05) is 0 Å². The van der Waals surface area contributed by atoms with Crippen LogP contribution in [0.15, 0.2) is 0 Å². The molecule has 0 bridgehead atoms. The number of quaternary nitrogens is 2. The predicted molar refractivity (Wildman–Crippen MR) is 204 cm³/mol. The van der Waals surface area contributed by atoms with Crippen LogP contribution < -0.4 is 10.6 Å². The summed E-state index contributed by atoms with van der Waals surface area (Å²) in [6, 6.07) is 0. The van der Waals surface area contributed by atoms with E-state index in [4.69, 9.17) is 17.5 Å². The van der Waals surface area contributed by atoms with Gasteiger partial charge in [0, 0.05) is 10.4 Å². The van der Waals surface area contributed by atoms with Crippen LogP contribution in [0.2, 0.25) is 0 Å². The van der Waals surface area contributed by atoms with Gasteiger partial charge in [-0.05, 0) is 51.4 Å². The normalized spacial score (nSPS) is 11.2.